The van der Waals surface area contributed by atoms with E-state index in [2.05, 4.69) is 58.0 Å². The average molecular weight is 326 g/mol. The van der Waals surface area contributed by atoms with Gasteiger partial charge in [0.05, 0.1) is 0 Å². The Morgan fingerprint density at radius 3 is 2.79 bits per heavy atom. The lowest BCUT2D eigenvalue weighted by Crippen LogP contribution is -2.28. The van der Waals surface area contributed by atoms with Gasteiger partial charge in [-0.3, -0.25) is 0 Å². The van der Waals surface area contributed by atoms with Gasteiger partial charge in [-0.2, -0.15) is 0 Å². The SMILES string of the molecule is CCN(c1ncc(Br)cc1CNCC(C)C)C1CC1. The molecule has 1 fully saturated rings. The van der Waals surface area contributed by atoms with Crippen LogP contribution in [-0.2, 0) is 6.54 Å². The molecule has 1 heterocycles. The van der Waals surface area contributed by atoms with Crippen LogP contribution >= 0.6 is 15.9 Å². The monoisotopic (exact) mass is 325 g/mol. The standard InChI is InChI=1S/C15H24BrN3/c1-4-19(14-5-6-14)15-12(7-13(16)10-18-15)9-17-8-11(2)3/h7,10-11,14,17H,4-6,8-9H2,1-3H3. The third kappa shape index (κ3) is 4.18. The summed E-state index contributed by atoms with van der Waals surface area (Å²) in [5.41, 5.74) is 1.30. The minimum Gasteiger partial charge on any atom is -0.354 e. The predicted molar refractivity (Wildman–Crippen MR) is 84.5 cm³/mol. The van der Waals surface area contributed by atoms with E-state index in [1.54, 1.807) is 0 Å². The Morgan fingerprint density at radius 1 is 1.47 bits per heavy atom. The van der Waals surface area contributed by atoms with Crippen molar-refractivity contribution in [3.05, 3.63) is 22.3 Å². The molecule has 0 saturated heterocycles. The molecule has 0 spiro atoms. The van der Waals surface area contributed by atoms with Crippen molar-refractivity contribution in [1.82, 2.24) is 10.3 Å². The highest BCUT2D eigenvalue weighted by molar-refractivity contribution is 9.10. The number of halogens is 1. The van der Waals surface area contributed by atoms with Crippen molar-refractivity contribution in [1.29, 1.82) is 0 Å². The summed E-state index contributed by atoms with van der Waals surface area (Å²) in [5, 5.41) is 3.52. The van der Waals surface area contributed by atoms with Gasteiger partial charge in [-0.25, -0.2) is 4.98 Å². The van der Waals surface area contributed by atoms with Crippen molar-refractivity contribution in [3.8, 4) is 0 Å². The fraction of sp³-hybridized carbons (Fsp3) is 0.667. The Balaban J connectivity index is 2.12. The van der Waals surface area contributed by atoms with E-state index in [4.69, 9.17) is 0 Å². The van der Waals surface area contributed by atoms with Gasteiger partial charge in [-0.15, -0.1) is 0 Å². The lowest BCUT2D eigenvalue weighted by Gasteiger charge is -2.24. The highest BCUT2D eigenvalue weighted by Gasteiger charge is 2.30. The molecule has 19 heavy (non-hydrogen) atoms. The molecule has 0 amide bonds. The number of nitrogens with one attached hydrogen (secondary N) is 1. The van der Waals surface area contributed by atoms with Crippen molar-refractivity contribution in [2.45, 2.75) is 46.2 Å². The van der Waals surface area contributed by atoms with E-state index in [-0.39, 0.29) is 0 Å². The molecule has 2 rings (SSSR count). The van der Waals surface area contributed by atoms with Gasteiger partial charge in [0.1, 0.15) is 5.82 Å². The Morgan fingerprint density at radius 2 is 2.21 bits per heavy atom. The lowest BCUT2D eigenvalue weighted by atomic mass is 10.2. The minimum absolute atomic E-state index is 0.675. The third-order valence-corrected chi connectivity index (χ3v) is 3.81. The van der Waals surface area contributed by atoms with Crippen molar-refractivity contribution in [2.75, 3.05) is 18.0 Å². The van der Waals surface area contributed by atoms with Gasteiger partial charge in [-0.1, -0.05) is 13.8 Å². The Hall–Kier alpha value is -0.610. The maximum atomic E-state index is 4.65. The second kappa shape index (κ2) is 6.71. The van der Waals surface area contributed by atoms with Crippen LogP contribution in [0.25, 0.3) is 0 Å². The van der Waals surface area contributed by atoms with E-state index >= 15 is 0 Å². The van der Waals surface area contributed by atoms with Crippen LogP contribution in [0.2, 0.25) is 0 Å². The molecule has 0 aromatic carbocycles. The minimum atomic E-state index is 0.675. The van der Waals surface area contributed by atoms with Crippen molar-refractivity contribution < 1.29 is 0 Å². The predicted octanol–water partition coefficient (Wildman–Crippen LogP) is 3.58. The molecule has 1 aliphatic rings. The summed E-state index contributed by atoms with van der Waals surface area (Å²) in [6.45, 7) is 9.65. The number of hydrogen-bond acceptors (Lipinski definition) is 3. The summed E-state index contributed by atoms with van der Waals surface area (Å²) in [4.78, 5) is 7.09. The van der Waals surface area contributed by atoms with Crippen LogP contribution in [0.3, 0.4) is 0 Å². The lowest BCUT2D eigenvalue weighted by molar-refractivity contribution is 0.551. The van der Waals surface area contributed by atoms with Crippen LogP contribution < -0.4 is 10.2 Å². The smallest absolute Gasteiger partial charge is 0.133 e. The zero-order valence-electron chi connectivity index (χ0n) is 12.1. The Bertz CT molecular complexity index is 416. The first-order chi connectivity index (χ1) is 9.11. The van der Waals surface area contributed by atoms with Gasteiger partial charge in [0.15, 0.2) is 0 Å². The molecule has 0 aliphatic heterocycles. The van der Waals surface area contributed by atoms with Crippen LogP contribution in [-0.4, -0.2) is 24.1 Å². The number of nitrogens with zero attached hydrogens (tertiary/aromatic N) is 2. The van der Waals surface area contributed by atoms with Gasteiger partial charge in [0, 0.05) is 35.4 Å². The second-order valence-electron chi connectivity index (χ2n) is 5.68. The summed E-state index contributed by atoms with van der Waals surface area (Å²) in [6, 6.07) is 2.91. The third-order valence-electron chi connectivity index (χ3n) is 3.38. The van der Waals surface area contributed by atoms with E-state index in [1.165, 1.54) is 18.4 Å². The Labute approximate surface area is 124 Å². The van der Waals surface area contributed by atoms with Crippen molar-refractivity contribution in [2.24, 2.45) is 5.92 Å². The molecule has 106 valence electrons. The van der Waals surface area contributed by atoms with E-state index in [0.29, 0.717) is 12.0 Å². The normalized spacial score (nSPS) is 15.0. The molecule has 1 aromatic rings. The van der Waals surface area contributed by atoms with Gasteiger partial charge in [-0.05, 0) is 54.2 Å². The van der Waals surface area contributed by atoms with Gasteiger partial charge < -0.3 is 10.2 Å². The number of anilines is 1. The Kier molecular flexibility index (Phi) is 5.22. The maximum absolute atomic E-state index is 4.65. The number of rotatable bonds is 7. The number of pyridine rings is 1. The highest BCUT2D eigenvalue weighted by Crippen LogP contribution is 2.32. The summed E-state index contributed by atoms with van der Waals surface area (Å²) in [7, 11) is 0. The number of aromatic nitrogens is 1. The fourth-order valence-corrected chi connectivity index (χ4v) is 2.70. The molecule has 0 radical (unpaired) electrons. The average Bonchev–Trinajstić information content (AvgIpc) is 3.16. The van der Waals surface area contributed by atoms with E-state index in [0.717, 1.165) is 29.9 Å². The molecular weight excluding hydrogens is 302 g/mol. The van der Waals surface area contributed by atoms with E-state index in [1.807, 2.05) is 6.20 Å². The van der Waals surface area contributed by atoms with Gasteiger partial charge in [0.2, 0.25) is 0 Å². The van der Waals surface area contributed by atoms with Crippen LogP contribution in [0.5, 0.6) is 0 Å². The topological polar surface area (TPSA) is 28.2 Å². The summed E-state index contributed by atoms with van der Waals surface area (Å²) < 4.78 is 1.06. The molecule has 3 nitrogen and oxygen atoms in total. The zero-order valence-corrected chi connectivity index (χ0v) is 13.7. The molecular formula is C15H24BrN3. The highest BCUT2D eigenvalue weighted by atomic mass is 79.9. The van der Waals surface area contributed by atoms with Gasteiger partial charge in [0.25, 0.3) is 0 Å². The van der Waals surface area contributed by atoms with Crippen LogP contribution in [0.15, 0.2) is 16.7 Å². The van der Waals surface area contributed by atoms with Crippen molar-refractivity contribution in [3.63, 3.8) is 0 Å². The second-order valence-corrected chi connectivity index (χ2v) is 6.59. The first-order valence-electron chi connectivity index (χ1n) is 7.23. The molecule has 0 atom stereocenters. The van der Waals surface area contributed by atoms with Crippen molar-refractivity contribution >= 4 is 21.7 Å². The molecule has 1 aliphatic carbocycles. The van der Waals surface area contributed by atoms with Gasteiger partial charge >= 0.3 is 0 Å². The number of hydrogen-bond donors (Lipinski definition) is 1. The summed E-state index contributed by atoms with van der Waals surface area (Å²) >= 11 is 3.53. The molecule has 1 saturated carbocycles. The molecule has 1 aromatic heterocycles. The first-order valence-corrected chi connectivity index (χ1v) is 8.03. The zero-order chi connectivity index (χ0) is 13.8. The quantitative estimate of drug-likeness (QED) is 0.830. The first kappa shape index (κ1) is 14.8. The summed E-state index contributed by atoms with van der Waals surface area (Å²) in [6.07, 6.45) is 4.53. The fourth-order valence-electron chi connectivity index (χ4n) is 2.33. The molecule has 0 unspecified atom stereocenters. The van der Waals surface area contributed by atoms with Crippen LogP contribution in [0.4, 0.5) is 5.82 Å². The van der Waals surface area contributed by atoms with E-state index in [9.17, 15) is 0 Å². The largest absolute Gasteiger partial charge is 0.354 e. The van der Waals surface area contributed by atoms with E-state index < -0.39 is 0 Å². The summed E-state index contributed by atoms with van der Waals surface area (Å²) in [5.74, 6) is 1.83. The molecule has 1 N–H and O–H groups in total. The maximum Gasteiger partial charge on any atom is 0.133 e. The molecule has 4 heteroatoms. The molecule has 0 bridgehead atoms. The van der Waals surface area contributed by atoms with Crippen LogP contribution in [0.1, 0.15) is 39.2 Å². The van der Waals surface area contributed by atoms with Crippen LogP contribution in [0, 0.1) is 5.92 Å².